The minimum atomic E-state index is -3.03. The van der Waals surface area contributed by atoms with E-state index in [1.165, 1.54) is 0 Å². The first-order chi connectivity index (χ1) is 11.0. The molecule has 0 aliphatic carbocycles. The summed E-state index contributed by atoms with van der Waals surface area (Å²) in [6, 6.07) is 1.68. The van der Waals surface area contributed by atoms with Gasteiger partial charge in [0.15, 0.2) is 9.84 Å². The van der Waals surface area contributed by atoms with E-state index in [-0.39, 0.29) is 23.3 Å². The molecule has 2 fully saturated rings. The molecule has 2 aliphatic heterocycles. The van der Waals surface area contributed by atoms with Gasteiger partial charge in [-0.2, -0.15) is 4.98 Å². The Kier molecular flexibility index (Phi) is 4.38. The molecule has 2 aliphatic rings. The first kappa shape index (κ1) is 16.0. The molecule has 3 heterocycles. The zero-order valence-electron chi connectivity index (χ0n) is 13.0. The molecule has 8 nitrogen and oxygen atoms in total. The van der Waals surface area contributed by atoms with E-state index in [0.717, 1.165) is 0 Å². The number of sulfone groups is 1. The van der Waals surface area contributed by atoms with Crippen LogP contribution in [0, 0.1) is 5.92 Å². The van der Waals surface area contributed by atoms with Crippen LogP contribution in [-0.4, -0.2) is 74.0 Å². The van der Waals surface area contributed by atoms with Gasteiger partial charge >= 0.3 is 0 Å². The van der Waals surface area contributed by atoms with Crippen molar-refractivity contribution in [2.24, 2.45) is 5.92 Å². The van der Waals surface area contributed by atoms with E-state index in [1.54, 1.807) is 24.3 Å². The van der Waals surface area contributed by atoms with Crippen molar-refractivity contribution in [3.05, 3.63) is 12.3 Å². The molecule has 0 N–H and O–H groups in total. The molecule has 23 heavy (non-hydrogen) atoms. The molecule has 0 aromatic carbocycles. The highest BCUT2D eigenvalue weighted by atomic mass is 32.2. The third-order valence-electron chi connectivity index (χ3n) is 4.28. The highest BCUT2D eigenvalue weighted by Crippen LogP contribution is 2.22. The fourth-order valence-electron chi connectivity index (χ4n) is 2.97. The molecule has 9 heteroatoms. The van der Waals surface area contributed by atoms with Gasteiger partial charge in [-0.1, -0.05) is 0 Å². The number of rotatable bonds is 3. The first-order valence-corrected chi connectivity index (χ1v) is 9.42. The summed E-state index contributed by atoms with van der Waals surface area (Å²) in [6.45, 7) is 2.35. The lowest BCUT2D eigenvalue weighted by atomic mass is 10.1. The van der Waals surface area contributed by atoms with E-state index >= 15 is 0 Å². The van der Waals surface area contributed by atoms with Crippen molar-refractivity contribution >= 4 is 21.7 Å². The van der Waals surface area contributed by atoms with Crippen molar-refractivity contribution < 1.29 is 17.9 Å². The van der Waals surface area contributed by atoms with E-state index in [0.29, 0.717) is 44.4 Å². The SMILES string of the molecule is COc1ccnc(N2CCN(C(=O)C3CCS(=O)(=O)C3)CC2)n1. The summed E-state index contributed by atoms with van der Waals surface area (Å²) in [5, 5.41) is 0. The summed E-state index contributed by atoms with van der Waals surface area (Å²) in [4.78, 5) is 24.7. The van der Waals surface area contributed by atoms with Crippen molar-refractivity contribution in [3.63, 3.8) is 0 Å². The molecule has 1 atom stereocenters. The molecule has 126 valence electrons. The largest absolute Gasteiger partial charge is 0.481 e. The highest BCUT2D eigenvalue weighted by molar-refractivity contribution is 7.91. The van der Waals surface area contributed by atoms with Crippen molar-refractivity contribution in [2.45, 2.75) is 6.42 Å². The van der Waals surface area contributed by atoms with Gasteiger partial charge in [-0.15, -0.1) is 0 Å². The van der Waals surface area contributed by atoms with Gasteiger partial charge in [0.2, 0.25) is 17.7 Å². The standard InChI is InChI=1S/C14H20N4O4S/c1-22-12-2-4-15-14(16-12)18-7-5-17(6-8-18)13(19)11-3-9-23(20,21)10-11/h2,4,11H,3,5-10H2,1H3. The van der Waals surface area contributed by atoms with E-state index in [9.17, 15) is 13.2 Å². The van der Waals surface area contributed by atoms with Crippen molar-refractivity contribution in [3.8, 4) is 5.88 Å². The Morgan fingerprint density at radius 1 is 1.30 bits per heavy atom. The Morgan fingerprint density at radius 3 is 2.65 bits per heavy atom. The fourth-order valence-corrected chi connectivity index (χ4v) is 4.71. The Morgan fingerprint density at radius 2 is 2.04 bits per heavy atom. The van der Waals surface area contributed by atoms with E-state index in [4.69, 9.17) is 4.74 Å². The second-order valence-electron chi connectivity index (χ2n) is 5.81. The summed E-state index contributed by atoms with van der Waals surface area (Å²) in [7, 11) is -1.48. The molecule has 2 saturated heterocycles. The van der Waals surface area contributed by atoms with E-state index < -0.39 is 9.84 Å². The molecular formula is C14H20N4O4S. The van der Waals surface area contributed by atoms with Crippen LogP contribution in [0.1, 0.15) is 6.42 Å². The van der Waals surface area contributed by atoms with Gasteiger partial charge in [0, 0.05) is 38.4 Å². The quantitative estimate of drug-likeness (QED) is 0.737. The lowest BCUT2D eigenvalue weighted by Crippen LogP contribution is -2.51. The van der Waals surface area contributed by atoms with Crippen molar-refractivity contribution in [1.82, 2.24) is 14.9 Å². The summed E-state index contributed by atoms with van der Waals surface area (Å²) < 4.78 is 28.1. The monoisotopic (exact) mass is 340 g/mol. The lowest BCUT2D eigenvalue weighted by molar-refractivity contribution is -0.135. The summed E-state index contributed by atoms with van der Waals surface area (Å²) in [6.07, 6.45) is 2.09. The average molecular weight is 340 g/mol. The molecule has 1 aromatic heterocycles. The number of aromatic nitrogens is 2. The maximum Gasteiger partial charge on any atom is 0.228 e. The molecule has 0 bridgehead atoms. The normalized spacial score (nSPS) is 23.8. The molecule has 0 saturated carbocycles. The number of piperazine rings is 1. The minimum absolute atomic E-state index is 0.00889. The van der Waals surface area contributed by atoms with Gasteiger partial charge in [0.25, 0.3) is 0 Å². The molecule has 1 unspecified atom stereocenters. The number of amides is 1. The van der Waals surface area contributed by atoms with Crippen LogP contribution in [-0.2, 0) is 14.6 Å². The predicted molar refractivity (Wildman–Crippen MR) is 84.1 cm³/mol. The summed E-state index contributed by atoms with van der Waals surface area (Å²) in [5.41, 5.74) is 0. The first-order valence-electron chi connectivity index (χ1n) is 7.60. The van der Waals surface area contributed by atoms with Crippen LogP contribution in [0.25, 0.3) is 0 Å². The van der Waals surface area contributed by atoms with E-state index in [1.807, 2.05) is 4.90 Å². The fraction of sp³-hybridized carbons (Fsp3) is 0.643. The van der Waals surface area contributed by atoms with Gasteiger partial charge < -0.3 is 14.5 Å². The van der Waals surface area contributed by atoms with Crippen LogP contribution < -0.4 is 9.64 Å². The van der Waals surface area contributed by atoms with Gasteiger partial charge in [-0.25, -0.2) is 13.4 Å². The third kappa shape index (κ3) is 3.54. The number of nitrogens with zero attached hydrogens (tertiary/aromatic N) is 4. The van der Waals surface area contributed by atoms with Gasteiger partial charge in [-0.3, -0.25) is 4.79 Å². The maximum atomic E-state index is 12.4. The van der Waals surface area contributed by atoms with Crippen LogP contribution in [0.2, 0.25) is 0 Å². The van der Waals surface area contributed by atoms with Crippen LogP contribution in [0.5, 0.6) is 5.88 Å². The third-order valence-corrected chi connectivity index (χ3v) is 6.05. The second kappa shape index (κ2) is 6.31. The lowest BCUT2D eigenvalue weighted by Gasteiger charge is -2.35. The number of hydrogen-bond acceptors (Lipinski definition) is 7. The average Bonchev–Trinajstić information content (AvgIpc) is 2.94. The molecular weight excluding hydrogens is 320 g/mol. The Labute approximate surface area is 135 Å². The minimum Gasteiger partial charge on any atom is -0.481 e. The van der Waals surface area contributed by atoms with Gasteiger partial charge in [0.1, 0.15) is 0 Å². The second-order valence-corrected chi connectivity index (χ2v) is 8.04. The number of hydrogen-bond donors (Lipinski definition) is 0. The summed E-state index contributed by atoms with van der Waals surface area (Å²) >= 11 is 0. The maximum absolute atomic E-state index is 12.4. The van der Waals surface area contributed by atoms with Crippen LogP contribution >= 0.6 is 0 Å². The van der Waals surface area contributed by atoms with Crippen molar-refractivity contribution in [2.75, 3.05) is 49.7 Å². The topological polar surface area (TPSA) is 92.7 Å². The molecule has 1 aromatic rings. The zero-order chi connectivity index (χ0) is 16.4. The number of carbonyl (C=O) groups excluding carboxylic acids is 1. The molecule has 1 amide bonds. The molecule has 3 rings (SSSR count). The van der Waals surface area contributed by atoms with Gasteiger partial charge in [-0.05, 0) is 6.42 Å². The number of anilines is 1. The number of ether oxygens (including phenoxy) is 1. The Balaban J connectivity index is 1.59. The predicted octanol–water partition coefficient (Wildman–Crippen LogP) is -0.431. The molecule has 0 radical (unpaired) electrons. The number of methoxy groups -OCH3 is 1. The Bertz CT molecular complexity index is 686. The van der Waals surface area contributed by atoms with Crippen LogP contribution in [0.4, 0.5) is 5.95 Å². The van der Waals surface area contributed by atoms with Crippen molar-refractivity contribution in [1.29, 1.82) is 0 Å². The molecule has 0 spiro atoms. The van der Waals surface area contributed by atoms with Crippen LogP contribution in [0.15, 0.2) is 12.3 Å². The zero-order valence-corrected chi connectivity index (χ0v) is 13.8. The Hall–Kier alpha value is -1.90. The van der Waals surface area contributed by atoms with Gasteiger partial charge in [0.05, 0.1) is 24.5 Å². The van der Waals surface area contributed by atoms with E-state index in [2.05, 4.69) is 9.97 Å². The summed E-state index contributed by atoms with van der Waals surface area (Å²) in [5.74, 6) is 0.785. The smallest absolute Gasteiger partial charge is 0.228 e. The van der Waals surface area contributed by atoms with Crippen LogP contribution in [0.3, 0.4) is 0 Å². The number of carbonyl (C=O) groups is 1. The highest BCUT2D eigenvalue weighted by Gasteiger charge is 2.36.